The number of fused-ring (bicyclic) bond motifs is 1. The van der Waals surface area contributed by atoms with Crippen molar-refractivity contribution in [2.75, 3.05) is 4.72 Å². The Morgan fingerprint density at radius 1 is 1.03 bits per heavy atom. The Morgan fingerprint density at radius 2 is 1.77 bits per heavy atom. The summed E-state index contributed by atoms with van der Waals surface area (Å²) in [6.45, 7) is 3.26. The maximum absolute atomic E-state index is 12.9. The van der Waals surface area contributed by atoms with Gasteiger partial charge in [0.1, 0.15) is 11.3 Å². The van der Waals surface area contributed by atoms with Gasteiger partial charge in [0.05, 0.1) is 16.1 Å². The van der Waals surface area contributed by atoms with Crippen molar-refractivity contribution in [2.45, 2.75) is 68.7 Å². The van der Waals surface area contributed by atoms with Crippen molar-refractivity contribution in [3.63, 3.8) is 0 Å². The van der Waals surface area contributed by atoms with Gasteiger partial charge in [-0.1, -0.05) is 50.5 Å². The third-order valence-corrected chi connectivity index (χ3v) is 8.16. The second kappa shape index (κ2) is 7.41. The molecule has 0 saturated heterocycles. The summed E-state index contributed by atoms with van der Waals surface area (Å²) in [7, 11) is -3.65. The van der Waals surface area contributed by atoms with Crippen LogP contribution in [0.5, 0.6) is 0 Å². The Labute approximate surface area is 178 Å². The first-order valence-electron chi connectivity index (χ1n) is 11.0. The number of para-hydroxylation sites is 1. The first-order valence-corrected chi connectivity index (χ1v) is 12.5. The molecule has 2 fully saturated rings. The van der Waals surface area contributed by atoms with Gasteiger partial charge in [0.15, 0.2) is 0 Å². The van der Waals surface area contributed by atoms with Crippen LogP contribution in [-0.2, 0) is 22.0 Å². The van der Waals surface area contributed by atoms with Crippen LogP contribution in [-0.4, -0.2) is 18.0 Å². The van der Waals surface area contributed by atoms with E-state index in [9.17, 15) is 8.42 Å². The van der Waals surface area contributed by atoms with Gasteiger partial charge in [-0.2, -0.15) is 0 Å². The zero-order valence-corrected chi connectivity index (χ0v) is 18.3. The molecule has 2 saturated carbocycles. The van der Waals surface area contributed by atoms with E-state index in [4.69, 9.17) is 4.98 Å². The standard InChI is InChI=1S/C24H29N3O2S/c1-24(15-16-24)23-25-22-20(26-30(28,29)19-11-6-3-7-12-19)13-8-14-21(22)27(23)17-18-9-4-2-5-10-18/h3,6-8,11-14,18,26H,2,4-5,9-10,15-17H2,1H3. The minimum atomic E-state index is -3.65. The number of hydrogen-bond acceptors (Lipinski definition) is 3. The molecule has 0 aliphatic heterocycles. The molecular formula is C24H29N3O2S. The molecule has 0 atom stereocenters. The normalized spacial score (nSPS) is 19.1. The second-order valence-electron chi connectivity index (χ2n) is 9.20. The molecule has 0 radical (unpaired) electrons. The van der Waals surface area contributed by atoms with Crippen LogP contribution in [0.1, 0.15) is 57.7 Å². The summed E-state index contributed by atoms with van der Waals surface area (Å²) in [5.74, 6) is 1.80. The van der Waals surface area contributed by atoms with Crippen LogP contribution in [0.2, 0.25) is 0 Å². The number of aromatic nitrogens is 2. The van der Waals surface area contributed by atoms with Crippen LogP contribution < -0.4 is 4.72 Å². The maximum atomic E-state index is 12.9. The predicted molar refractivity (Wildman–Crippen MR) is 120 cm³/mol. The molecule has 3 aromatic rings. The number of nitrogens with zero attached hydrogens (tertiary/aromatic N) is 2. The van der Waals surface area contributed by atoms with Crippen molar-refractivity contribution in [3.05, 3.63) is 54.4 Å². The van der Waals surface area contributed by atoms with Gasteiger partial charge in [0.2, 0.25) is 0 Å². The van der Waals surface area contributed by atoms with Crippen molar-refractivity contribution in [1.82, 2.24) is 9.55 Å². The zero-order chi connectivity index (χ0) is 20.8. The second-order valence-corrected chi connectivity index (χ2v) is 10.9. The average molecular weight is 424 g/mol. The fourth-order valence-corrected chi connectivity index (χ4v) is 5.80. The van der Waals surface area contributed by atoms with Crippen LogP contribution in [0.4, 0.5) is 5.69 Å². The molecule has 2 aromatic carbocycles. The van der Waals surface area contributed by atoms with Crippen LogP contribution in [0.3, 0.4) is 0 Å². The minimum absolute atomic E-state index is 0.114. The molecule has 2 aliphatic carbocycles. The summed E-state index contributed by atoms with van der Waals surface area (Å²) < 4.78 is 31.0. The molecule has 2 aliphatic rings. The summed E-state index contributed by atoms with van der Waals surface area (Å²) in [6, 6.07) is 14.3. The van der Waals surface area contributed by atoms with Gasteiger partial charge in [0.25, 0.3) is 10.0 Å². The van der Waals surface area contributed by atoms with Gasteiger partial charge in [-0.15, -0.1) is 0 Å². The highest BCUT2D eigenvalue weighted by Crippen LogP contribution is 2.48. The molecule has 0 spiro atoms. The molecular weight excluding hydrogens is 394 g/mol. The van der Waals surface area contributed by atoms with Gasteiger partial charge in [-0.3, -0.25) is 4.72 Å². The molecule has 0 amide bonds. The van der Waals surface area contributed by atoms with Gasteiger partial charge >= 0.3 is 0 Å². The van der Waals surface area contributed by atoms with E-state index in [2.05, 4.69) is 22.3 Å². The third-order valence-electron chi connectivity index (χ3n) is 6.78. The van der Waals surface area contributed by atoms with Gasteiger partial charge < -0.3 is 4.57 Å². The van der Waals surface area contributed by atoms with Gasteiger partial charge in [0, 0.05) is 12.0 Å². The summed E-state index contributed by atoms with van der Waals surface area (Å²) in [6.07, 6.45) is 8.81. The lowest BCUT2D eigenvalue weighted by atomic mass is 9.89. The van der Waals surface area contributed by atoms with E-state index < -0.39 is 10.0 Å². The van der Waals surface area contributed by atoms with E-state index in [1.807, 2.05) is 18.2 Å². The number of sulfonamides is 1. The smallest absolute Gasteiger partial charge is 0.261 e. The van der Waals surface area contributed by atoms with Crippen molar-refractivity contribution in [1.29, 1.82) is 0 Å². The average Bonchev–Trinajstić information content (AvgIpc) is 3.39. The van der Waals surface area contributed by atoms with Crippen LogP contribution in [0.25, 0.3) is 11.0 Å². The van der Waals surface area contributed by atoms with Crippen molar-refractivity contribution >= 4 is 26.7 Å². The third kappa shape index (κ3) is 3.62. The highest BCUT2D eigenvalue weighted by Gasteiger charge is 2.44. The number of benzene rings is 2. The molecule has 30 heavy (non-hydrogen) atoms. The molecule has 6 heteroatoms. The fraction of sp³-hybridized carbons (Fsp3) is 0.458. The van der Waals surface area contributed by atoms with Gasteiger partial charge in [-0.05, 0) is 55.9 Å². The minimum Gasteiger partial charge on any atom is -0.327 e. The first kappa shape index (κ1) is 19.6. The SMILES string of the molecule is CC1(c2nc3c(NS(=O)(=O)c4ccccc4)cccc3n2CC2CCCCC2)CC1. The van der Waals surface area contributed by atoms with Crippen LogP contribution in [0.15, 0.2) is 53.4 Å². The van der Waals surface area contributed by atoms with Crippen molar-refractivity contribution < 1.29 is 8.42 Å². The maximum Gasteiger partial charge on any atom is 0.261 e. The Balaban J connectivity index is 1.56. The van der Waals surface area contributed by atoms with E-state index in [0.29, 0.717) is 11.6 Å². The monoisotopic (exact) mass is 423 g/mol. The van der Waals surface area contributed by atoms with Crippen LogP contribution in [0, 0.1) is 5.92 Å². The summed E-state index contributed by atoms with van der Waals surface area (Å²) in [4.78, 5) is 5.29. The molecule has 0 bridgehead atoms. The molecule has 158 valence electrons. The Bertz CT molecular complexity index is 1160. The molecule has 1 N–H and O–H groups in total. The lowest BCUT2D eigenvalue weighted by molar-refractivity contribution is 0.316. The Kier molecular flexibility index (Phi) is 4.85. The lowest BCUT2D eigenvalue weighted by Gasteiger charge is -2.24. The number of hydrogen-bond donors (Lipinski definition) is 1. The quantitative estimate of drug-likeness (QED) is 0.572. The predicted octanol–water partition coefficient (Wildman–Crippen LogP) is 5.47. The van der Waals surface area contributed by atoms with Crippen LogP contribution >= 0.6 is 0 Å². The first-order chi connectivity index (χ1) is 14.5. The summed E-state index contributed by atoms with van der Waals surface area (Å²) >= 11 is 0. The number of nitrogens with one attached hydrogen (secondary N) is 1. The van der Waals surface area contributed by atoms with E-state index in [1.165, 1.54) is 32.1 Å². The van der Waals surface area contributed by atoms with Crippen molar-refractivity contribution in [3.8, 4) is 0 Å². The molecule has 1 aromatic heterocycles. The van der Waals surface area contributed by atoms with E-state index >= 15 is 0 Å². The molecule has 5 nitrogen and oxygen atoms in total. The van der Waals surface area contributed by atoms with E-state index in [0.717, 1.165) is 36.2 Å². The summed E-state index contributed by atoms with van der Waals surface area (Å²) in [5, 5.41) is 0. The topological polar surface area (TPSA) is 64.0 Å². The number of anilines is 1. The molecule has 5 rings (SSSR count). The number of rotatable bonds is 6. The fourth-order valence-electron chi connectivity index (χ4n) is 4.72. The highest BCUT2D eigenvalue weighted by molar-refractivity contribution is 7.92. The van der Waals surface area contributed by atoms with Gasteiger partial charge in [-0.25, -0.2) is 13.4 Å². The molecule has 0 unspecified atom stereocenters. The Hall–Kier alpha value is -2.34. The number of imidazole rings is 1. The largest absolute Gasteiger partial charge is 0.327 e. The zero-order valence-electron chi connectivity index (χ0n) is 17.5. The van der Waals surface area contributed by atoms with E-state index in [1.54, 1.807) is 24.3 Å². The van der Waals surface area contributed by atoms with Crippen molar-refractivity contribution in [2.24, 2.45) is 5.92 Å². The lowest BCUT2D eigenvalue weighted by Crippen LogP contribution is -2.19. The Morgan fingerprint density at radius 3 is 2.47 bits per heavy atom. The highest BCUT2D eigenvalue weighted by atomic mass is 32.2. The summed E-state index contributed by atoms with van der Waals surface area (Å²) in [5.41, 5.74) is 2.47. The molecule has 1 heterocycles. The van der Waals surface area contributed by atoms with E-state index in [-0.39, 0.29) is 10.3 Å².